The fourth-order valence-corrected chi connectivity index (χ4v) is 1.63. The van der Waals surface area contributed by atoms with E-state index < -0.39 is 5.60 Å². The van der Waals surface area contributed by atoms with Gasteiger partial charge in [0, 0.05) is 19.7 Å². The Kier molecular flexibility index (Phi) is 7.96. The van der Waals surface area contributed by atoms with Gasteiger partial charge in [-0.05, 0) is 46.8 Å². The minimum Gasteiger partial charge on any atom is -0.396 e. The Labute approximate surface area is 93.3 Å². The van der Waals surface area contributed by atoms with Crippen molar-refractivity contribution in [1.29, 1.82) is 0 Å². The SMILES string of the molecule is CN(C)CC(C)(O)CNCCCCCO. The second kappa shape index (κ2) is 8.05. The van der Waals surface area contributed by atoms with Crippen LogP contribution in [0, 0.1) is 0 Å². The van der Waals surface area contributed by atoms with E-state index in [9.17, 15) is 5.11 Å². The van der Waals surface area contributed by atoms with E-state index in [1.165, 1.54) is 0 Å². The average molecular weight is 218 g/mol. The van der Waals surface area contributed by atoms with Gasteiger partial charge in [-0.3, -0.25) is 0 Å². The van der Waals surface area contributed by atoms with Gasteiger partial charge in [0.15, 0.2) is 0 Å². The van der Waals surface area contributed by atoms with Crippen molar-refractivity contribution < 1.29 is 10.2 Å². The number of likely N-dealkylation sites (N-methyl/N-ethyl adjacent to an activating group) is 1. The van der Waals surface area contributed by atoms with Crippen molar-refractivity contribution in [2.24, 2.45) is 0 Å². The molecule has 0 aromatic heterocycles. The zero-order valence-corrected chi connectivity index (χ0v) is 10.3. The number of rotatable bonds is 9. The maximum absolute atomic E-state index is 9.94. The second-order valence-electron chi connectivity index (χ2n) is 4.70. The molecule has 0 fully saturated rings. The lowest BCUT2D eigenvalue weighted by atomic mass is 10.1. The van der Waals surface area contributed by atoms with E-state index >= 15 is 0 Å². The van der Waals surface area contributed by atoms with Crippen LogP contribution in [0.2, 0.25) is 0 Å². The van der Waals surface area contributed by atoms with E-state index in [-0.39, 0.29) is 6.61 Å². The van der Waals surface area contributed by atoms with E-state index in [0.717, 1.165) is 25.8 Å². The summed E-state index contributed by atoms with van der Waals surface area (Å²) in [6.45, 7) is 4.30. The molecule has 0 aliphatic rings. The molecule has 0 heterocycles. The summed E-state index contributed by atoms with van der Waals surface area (Å²) in [6.07, 6.45) is 2.97. The van der Waals surface area contributed by atoms with Gasteiger partial charge in [-0.15, -0.1) is 0 Å². The molecule has 0 radical (unpaired) electrons. The number of hydrogen-bond donors (Lipinski definition) is 3. The van der Waals surface area contributed by atoms with Gasteiger partial charge in [0.25, 0.3) is 0 Å². The van der Waals surface area contributed by atoms with E-state index in [4.69, 9.17) is 5.11 Å². The molecule has 0 saturated carbocycles. The number of hydrogen-bond acceptors (Lipinski definition) is 4. The normalized spacial score (nSPS) is 15.6. The maximum Gasteiger partial charge on any atom is 0.0869 e. The minimum atomic E-state index is -0.666. The van der Waals surface area contributed by atoms with Gasteiger partial charge in [0.2, 0.25) is 0 Å². The molecule has 0 aliphatic carbocycles. The van der Waals surface area contributed by atoms with Gasteiger partial charge in [0.1, 0.15) is 0 Å². The fourth-order valence-electron chi connectivity index (χ4n) is 1.63. The summed E-state index contributed by atoms with van der Waals surface area (Å²) in [6, 6.07) is 0. The summed E-state index contributed by atoms with van der Waals surface area (Å²) in [5.41, 5.74) is -0.666. The number of nitrogens with zero attached hydrogens (tertiary/aromatic N) is 1. The van der Waals surface area contributed by atoms with Crippen LogP contribution in [-0.4, -0.2) is 61.1 Å². The van der Waals surface area contributed by atoms with Crippen molar-refractivity contribution in [3.63, 3.8) is 0 Å². The number of unbranched alkanes of at least 4 members (excludes halogenated alkanes) is 2. The van der Waals surface area contributed by atoms with E-state index in [0.29, 0.717) is 13.1 Å². The van der Waals surface area contributed by atoms with Crippen molar-refractivity contribution in [1.82, 2.24) is 10.2 Å². The van der Waals surface area contributed by atoms with Gasteiger partial charge in [-0.1, -0.05) is 0 Å². The summed E-state index contributed by atoms with van der Waals surface area (Å²) >= 11 is 0. The van der Waals surface area contributed by atoms with Gasteiger partial charge < -0.3 is 20.4 Å². The highest BCUT2D eigenvalue weighted by atomic mass is 16.3. The third kappa shape index (κ3) is 10.1. The highest BCUT2D eigenvalue weighted by molar-refractivity contribution is 4.77. The average Bonchev–Trinajstić information content (AvgIpc) is 2.08. The molecule has 3 N–H and O–H groups in total. The summed E-state index contributed by atoms with van der Waals surface area (Å²) in [4.78, 5) is 1.98. The lowest BCUT2D eigenvalue weighted by Gasteiger charge is -2.27. The first-order valence-corrected chi connectivity index (χ1v) is 5.66. The summed E-state index contributed by atoms with van der Waals surface area (Å²) in [5, 5.41) is 21.8. The zero-order valence-electron chi connectivity index (χ0n) is 10.3. The smallest absolute Gasteiger partial charge is 0.0869 e. The van der Waals surface area contributed by atoms with Crippen LogP contribution in [-0.2, 0) is 0 Å². The third-order valence-electron chi connectivity index (χ3n) is 2.17. The Bertz CT molecular complexity index is 150. The first kappa shape index (κ1) is 14.8. The molecule has 0 rings (SSSR count). The van der Waals surface area contributed by atoms with Gasteiger partial charge >= 0.3 is 0 Å². The molecule has 92 valence electrons. The van der Waals surface area contributed by atoms with Gasteiger partial charge in [-0.25, -0.2) is 0 Å². The highest BCUT2D eigenvalue weighted by Gasteiger charge is 2.20. The Morgan fingerprint density at radius 2 is 1.87 bits per heavy atom. The molecular formula is C11H26N2O2. The van der Waals surface area contributed by atoms with Crippen LogP contribution >= 0.6 is 0 Å². The molecule has 4 heteroatoms. The Morgan fingerprint density at radius 1 is 1.20 bits per heavy atom. The molecule has 0 aromatic rings. The third-order valence-corrected chi connectivity index (χ3v) is 2.17. The van der Waals surface area contributed by atoms with Crippen molar-refractivity contribution in [3.8, 4) is 0 Å². The summed E-state index contributed by atoms with van der Waals surface area (Å²) in [5.74, 6) is 0. The van der Waals surface area contributed by atoms with Crippen molar-refractivity contribution in [3.05, 3.63) is 0 Å². The molecule has 0 spiro atoms. The quantitative estimate of drug-likeness (QED) is 0.479. The van der Waals surface area contributed by atoms with Crippen LogP contribution < -0.4 is 5.32 Å². The molecule has 0 bridgehead atoms. The van der Waals surface area contributed by atoms with Crippen molar-refractivity contribution in [2.75, 3.05) is 40.3 Å². The predicted octanol–water partition coefficient (Wildman–Crippen LogP) is 0.0512. The van der Waals surface area contributed by atoms with E-state index in [2.05, 4.69) is 5.32 Å². The molecule has 4 nitrogen and oxygen atoms in total. The topological polar surface area (TPSA) is 55.7 Å². The largest absolute Gasteiger partial charge is 0.396 e. The van der Waals surface area contributed by atoms with Crippen molar-refractivity contribution >= 4 is 0 Å². The molecular weight excluding hydrogens is 192 g/mol. The van der Waals surface area contributed by atoms with Crippen molar-refractivity contribution in [2.45, 2.75) is 31.8 Å². The number of aliphatic hydroxyl groups excluding tert-OH is 1. The lowest BCUT2D eigenvalue weighted by molar-refractivity contribution is 0.0339. The Hall–Kier alpha value is -0.160. The van der Waals surface area contributed by atoms with Crippen LogP contribution in [0.4, 0.5) is 0 Å². The fraction of sp³-hybridized carbons (Fsp3) is 1.00. The lowest BCUT2D eigenvalue weighted by Crippen LogP contribution is -2.45. The number of nitrogens with one attached hydrogen (secondary N) is 1. The van der Waals surface area contributed by atoms with E-state index in [1.807, 2.05) is 25.9 Å². The van der Waals surface area contributed by atoms with Gasteiger partial charge in [-0.2, -0.15) is 0 Å². The molecule has 0 aliphatic heterocycles. The molecule has 15 heavy (non-hydrogen) atoms. The first-order chi connectivity index (χ1) is 6.98. The first-order valence-electron chi connectivity index (χ1n) is 5.66. The van der Waals surface area contributed by atoms with Gasteiger partial charge in [0.05, 0.1) is 5.60 Å². The van der Waals surface area contributed by atoms with Crippen LogP contribution in [0.3, 0.4) is 0 Å². The maximum atomic E-state index is 9.94. The molecule has 1 atom stereocenters. The molecule has 0 saturated heterocycles. The molecule has 0 amide bonds. The Morgan fingerprint density at radius 3 is 2.40 bits per heavy atom. The van der Waals surface area contributed by atoms with E-state index in [1.54, 1.807) is 0 Å². The zero-order chi connectivity index (χ0) is 11.7. The molecule has 0 aromatic carbocycles. The summed E-state index contributed by atoms with van der Waals surface area (Å²) in [7, 11) is 3.91. The van der Waals surface area contributed by atoms with Crippen LogP contribution in [0.5, 0.6) is 0 Å². The Balaban J connectivity index is 3.40. The van der Waals surface area contributed by atoms with Crippen LogP contribution in [0.25, 0.3) is 0 Å². The highest BCUT2D eigenvalue weighted by Crippen LogP contribution is 2.02. The number of aliphatic hydroxyl groups is 2. The minimum absolute atomic E-state index is 0.276. The monoisotopic (exact) mass is 218 g/mol. The summed E-state index contributed by atoms with van der Waals surface area (Å²) < 4.78 is 0. The standard InChI is InChI=1S/C11H26N2O2/c1-11(15,10-13(2)3)9-12-7-5-4-6-8-14/h12,14-15H,4-10H2,1-3H3. The predicted molar refractivity (Wildman–Crippen MR) is 63.0 cm³/mol. The van der Waals surface area contributed by atoms with Crippen LogP contribution in [0.15, 0.2) is 0 Å². The second-order valence-corrected chi connectivity index (χ2v) is 4.70. The van der Waals surface area contributed by atoms with Crippen LogP contribution in [0.1, 0.15) is 26.2 Å². The molecule has 1 unspecified atom stereocenters.